The maximum absolute atomic E-state index is 13.1. The van der Waals surface area contributed by atoms with Crippen molar-refractivity contribution in [2.75, 3.05) is 5.32 Å². The van der Waals surface area contributed by atoms with Gasteiger partial charge in [-0.3, -0.25) is 4.79 Å². The number of hydrogen-bond donors (Lipinski definition) is 2. The second kappa shape index (κ2) is 10.6. The molecule has 0 saturated heterocycles. The first-order valence-corrected chi connectivity index (χ1v) is 12.6. The van der Waals surface area contributed by atoms with Crippen LogP contribution in [-0.2, 0) is 5.41 Å². The van der Waals surface area contributed by atoms with Gasteiger partial charge in [0.15, 0.2) is 5.43 Å². The van der Waals surface area contributed by atoms with Gasteiger partial charge in [-0.1, -0.05) is 49.4 Å². The van der Waals surface area contributed by atoms with E-state index in [1.807, 2.05) is 38.1 Å². The Morgan fingerprint density at radius 3 is 2.26 bits per heavy atom. The minimum absolute atomic E-state index is 0.0995. The van der Waals surface area contributed by atoms with E-state index in [9.17, 15) is 27.9 Å². The molecule has 4 aromatic rings. The van der Waals surface area contributed by atoms with Gasteiger partial charge in [-0.2, -0.15) is 13.2 Å². The molecule has 2 N–H and O–H groups in total. The molecule has 1 saturated carbocycles. The molecule has 1 unspecified atom stereocenters. The Labute approximate surface area is 224 Å². The molecule has 8 heteroatoms. The quantitative estimate of drug-likeness (QED) is 0.259. The largest absolute Gasteiger partial charge is 0.478 e. The lowest BCUT2D eigenvalue weighted by molar-refractivity contribution is -0.110. The number of carboxylic acid groups (broad SMARTS) is 1. The number of anilines is 1. The number of aromatic carboxylic acids is 1. The van der Waals surface area contributed by atoms with Gasteiger partial charge in [0.2, 0.25) is 0 Å². The van der Waals surface area contributed by atoms with Crippen LogP contribution >= 0.6 is 0 Å². The Bertz CT molecular complexity index is 1560. The Kier molecular flexibility index (Phi) is 7.59. The molecule has 1 fully saturated rings. The van der Waals surface area contributed by atoms with Crippen molar-refractivity contribution in [3.63, 3.8) is 0 Å². The number of halogens is 3. The van der Waals surface area contributed by atoms with Crippen molar-refractivity contribution in [3.8, 4) is 11.3 Å². The van der Waals surface area contributed by atoms with Gasteiger partial charge in [-0.25, -0.2) is 4.79 Å². The van der Waals surface area contributed by atoms with Crippen LogP contribution < -0.4 is 10.7 Å². The van der Waals surface area contributed by atoms with Crippen LogP contribution in [0.3, 0.4) is 0 Å². The van der Waals surface area contributed by atoms with E-state index in [1.165, 1.54) is 18.4 Å². The van der Waals surface area contributed by atoms with Crippen molar-refractivity contribution >= 4 is 22.6 Å². The minimum Gasteiger partial charge on any atom is -0.478 e. The molecule has 0 spiro atoms. The van der Waals surface area contributed by atoms with E-state index in [0.717, 1.165) is 16.7 Å². The first-order valence-electron chi connectivity index (χ1n) is 12.6. The zero-order chi connectivity index (χ0) is 28.5. The molecule has 1 aromatic heterocycles. The van der Waals surface area contributed by atoms with Crippen LogP contribution in [0.15, 0.2) is 75.9 Å². The molecule has 1 heterocycles. The SMILES string of the molecule is CC(F)(F)F.Cc1cc(C(C)Nc2ccccc2C(=O)O)c2oc(-c3ccc(C4(C)CC4)cc3)cc(=O)c2c1. The first-order chi connectivity index (χ1) is 18.2. The monoisotopic (exact) mass is 537 g/mol. The third kappa shape index (κ3) is 6.69. The van der Waals surface area contributed by atoms with Crippen LogP contribution in [0.25, 0.3) is 22.3 Å². The number of fused-ring (bicyclic) bond motifs is 1. The van der Waals surface area contributed by atoms with E-state index in [-0.39, 0.29) is 29.4 Å². The summed E-state index contributed by atoms with van der Waals surface area (Å²) >= 11 is 0. The zero-order valence-electron chi connectivity index (χ0n) is 22.1. The predicted octanol–water partition coefficient (Wildman–Crippen LogP) is 8.26. The zero-order valence-corrected chi connectivity index (χ0v) is 22.1. The maximum Gasteiger partial charge on any atom is 0.386 e. The third-order valence-corrected chi connectivity index (χ3v) is 6.86. The lowest BCUT2D eigenvalue weighted by Crippen LogP contribution is -2.12. The van der Waals surface area contributed by atoms with E-state index in [0.29, 0.717) is 22.4 Å². The molecule has 1 aliphatic rings. The van der Waals surface area contributed by atoms with Crippen LogP contribution in [0, 0.1) is 6.92 Å². The van der Waals surface area contributed by atoms with Gasteiger partial charge in [0.1, 0.15) is 11.3 Å². The van der Waals surface area contributed by atoms with Crippen molar-refractivity contribution in [1.29, 1.82) is 0 Å². The molecule has 0 aliphatic heterocycles. The topological polar surface area (TPSA) is 79.5 Å². The number of rotatable bonds is 6. The van der Waals surface area contributed by atoms with Gasteiger partial charge in [-0.15, -0.1) is 0 Å². The summed E-state index contributed by atoms with van der Waals surface area (Å²) in [5.41, 5.74) is 5.30. The van der Waals surface area contributed by atoms with E-state index >= 15 is 0 Å². The van der Waals surface area contributed by atoms with Gasteiger partial charge in [0, 0.05) is 29.8 Å². The number of carboxylic acids is 1. The number of nitrogens with one attached hydrogen (secondary N) is 1. The molecule has 39 heavy (non-hydrogen) atoms. The fraction of sp³-hybridized carbons (Fsp3) is 0.290. The highest BCUT2D eigenvalue weighted by Crippen LogP contribution is 2.47. The molecule has 3 aromatic carbocycles. The molecule has 0 radical (unpaired) electrons. The number of aryl methyl sites for hydroxylation is 1. The number of hydrogen-bond acceptors (Lipinski definition) is 4. The van der Waals surface area contributed by atoms with Crippen LogP contribution in [0.4, 0.5) is 18.9 Å². The molecule has 1 aliphatic carbocycles. The minimum atomic E-state index is -4.00. The van der Waals surface area contributed by atoms with Crippen LogP contribution in [0.2, 0.25) is 0 Å². The van der Waals surface area contributed by atoms with Crippen LogP contribution in [0.5, 0.6) is 0 Å². The summed E-state index contributed by atoms with van der Waals surface area (Å²) in [6, 6.07) is 20.1. The molecule has 0 bridgehead atoms. The highest BCUT2D eigenvalue weighted by atomic mass is 19.4. The van der Waals surface area contributed by atoms with Crippen molar-refractivity contribution < 1.29 is 27.5 Å². The summed E-state index contributed by atoms with van der Waals surface area (Å²) in [6.07, 6.45) is -1.59. The number of carbonyl (C=O) groups is 1. The van der Waals surface area contributed by atoms with Crippen molar-refractivity contribution in [3.05, 3.63) is 99.2 Å². The Morgan fingerprint density at radius 1 is 1.05 bits per heavy atom. The summed E-state index contributed by atoms with van der Waals surface area (Å²) in [6.45, 7) is 6.33. The molecule has 5 rings (SSSR count). The van der Waals surface area contributed by atoms with E-state index < -0.39 is 12.1 Å². The smallest absolute Gasteiger partial charge is 0.386 e. The summed E-state index contributed by atoms with van der Waals surface area (Å²) in [5.74, 6) is -0.477. The molecular weight excluding hydrogens is 507 g/mol. The summed E-state index contributed by atoms with van der Waals surface area (Å²) in [5, 5.41) is 13.3. The number of alkyl halides is 3. The average molecular weight is 538 g/mol. The highest BCUT2D eigenvalue weighted by molar-refractivity contribution is 5.94. The van der Waals surface area contributed by atoms with Gasteiger partial charge >= 0.3 is 12.1 Å². The van der Waals surface area contributed by atoms with E-state index in [1.54, 1.807) is 30.3 Å². The average Bonchev–Trinajstić information content (AvgIpc) is 3.61. The van der Waals surface area contributed by atoms with Crippen LogP contribution in [0.1, 0.15) is 66.7 Å². The molecule has 0 amide bonds. The molecular formula is C31H30F3NO4. The fourth-order valence-corrected chi connectivity index (χ4v) is 4.52. The maximum atomic E-state index is 13.1. The highest BCUT2D eigenvalue weighted by Gasteiger charge is 2.38. The normalized spacial score (nSPS) is 14.7. The van der Waals surface area contributed by atoms with Gasteiger partial charge < -0.3 is 14.8 Å². The van der Waals surface area contributed by atoms with Crippen molar-refractivity contribution in [1.82, 2.24) is 0 Å². The first kappa shape index (κ1) is 28.0. The van der Waals surface area contributed by atoms with E-state index in [4.69, 9.17) is 4.42 Å². The van der Waals surface area contributed by atoms with Gasteiger partial charge in [0.25, 0.3) is 0 Å². The molecule has 1 atom stereocenters. The predicted molar refractivity (Wildman–Crippen MR) is 146 cm³/mol. The standard InChI is InChI=1S/C29H27NO4.C2H3F3/c1-17-14-22(18(2)30-24-7-5-4-6-21(24)28(32)33)27-23(15-17)25(31)16-26(34-27)19-8-10-20(11-9-19)29(3)12-13-29;1-2(3,4)5/h4-11,14-16,18,30H,12-13H2,1-3H3,(H,32,33);1H3. The Balaban J connectivity index is 0.000000648. The lowest BCUT2D eigenvalue weighted by atomic mass is 9.96. The van der Waals surface area contributed by atoms with E-state index in [2.05, 4.69) is 24.4 Å². The van der Waals surface area contributed by atoms with Crippen molar-refractivity contribution in [2.45, 2.75) is 58.2 Å². The fourth-order valence-electron chi connectivity index (χ4n) is 4.52. The molecule has 204 valence electrons. The number of para-hydroxylation sites is 1. The summed E-state index contributed by atoms with van der Waals surface area (Å²) in [4.78, 5) is 24.7. The van der Waals surface area contributed by atoms with Crippen molar-refractivity contribution in [2.24, 2.45) is 0 Å². The Hall–Kier alpha value is -4.07. The molecule has 5 nitrogen and oxygen atoms in total. The number of benzene rings is 3. The second-order valence-corrected chi connectivity index (χ2v) is 10.3. The van der Waals surface area contributed by atoms with Gasteiger partial charge in [0.05, 0.1) is 17.0 Å². The summed E-state index contributed by atoms with van der Waals surface area (Å²) < 4.78 is 37.4. The van der Waals surface area contributed by atoms with Crippen LogP contribution in [-0.4, -0.2) is 17.3 Å². The summed E-state index contributed by atoms with van der Waals surface area (Å²) in [7, 11) is 0. The van der Waals surface area contributed by atoms with Gasteiger partial charge in [-0.05, 0) is 61.4 Å². The lowest BCUT2D eigenvalue weighted by Gasteiger charge is -2.19. The second-order valence-electron chi connectivity index (χ2n) is 10.3. The Morgan fingerprint density at radius 2 is 1.67 bits per heavy atom. The third-order valence-electron chi connectivity index (χ3n) is 6.86.